The lowest BCUT2D eigenvalue weighted by atomic mass is 10.0. The summed E-state index contributed by atoms with van der Waals surface area (Å²) >= 11 is 0. The van der Waals surface area contributed by atoms with Crippen molar-refractivity contribution in [3.8, 4) is 0 Å². The van der Waals surface area contributed by atoms with Gasteiger partial charge in [0.25, 0.3) is 0 Å². The predicted octanol–water partition coefficient (Wildman–Crippen LogP) is 2.48. The molecule has 2 rings (SSSR count). The van der Waals surface area contributed by atoms with E-state index < -0.39 is 0 Å². The number of fused-ring (bicyclic) bond motifs is 1. The highest BCUT2D eigenvalue weighted by Crippen LogP contribution is 2.24. The number of aliphatic hydroxyl groups excluding tert-OH is 1. The highest BCUT2D eigenvalue weighted by atomic mass is 16.3. The molecule has 0 aliphatic carbocycles. The Bertz CT molecular complexity index is 531. The molecule has 1 aromatic heterocycles. The first kappa shape index (κ1) is 14.1. The van der Waals surface area contributed by atoms with Gasteiger partial charge in [-0.1, -0.05) is 13.0 Å². The van der Waals surface area contributed by atoms with Crippen LogP contribution in [0.1, 0.15) is 30.9 Å². The molecule has 19 heavy (non-hydrogen) atoms. The standard InChI is InChI=1S/C16H24N2O/c1-2-13-6-7-16-15(11-13)14(5-3-8-17)12-18(16)9-4-10-19/h6-7,11-12,19H,2-5,8-10,17H2,1H3. The minimum atomic E-state index is 0.241. The number of hydrogen-bond donors (Lipinski definition) is 2. The van der Waals surface area contributed by atoms with Crippen molar-refractivity contribution < 1.29 is 5.11 Å². The largest absolute Gasteiger partial charge is 0.396 e. The van der Waals surface area contributed by atoms with Gasteiger partial charge in [-0.15, -0.1) is 0 Å². The molecule has 0 saturated carbocycles. The van der Waals surface area contributed by atoms with Crippen LogP contribution in [-0.4, -0.2) is 22.8 Å². The monoisotopic (exact) mass is 260 g/mol. The van der Waals surface area contributed by atoms with Gasteiger partial charge >= 0.3 is 0 Å². The van der Waals surface area contributed by atoms with Crippen molar-refractivity contribution in [2.75, 3.05) is 13.2 Å². The Labute approximate surface area is 115 Å². The Hall–Kier alpha value is -1.32. The molecule has 1 aromatic carbocycles. The van der Waals surface area contributed by atoms with Gasteiger partial charge < -0.3 is 15.4 Å². The molecule has 0 amide bonds. The fraction of sp³-hybridized carbons (Fsp3) is 0.500. The molecule has 3 nitrogen and oxygen atoms in total. The minimum absolute atomic E-state index is 0.241. The number of aryl methyl sites for hydroxylation is 3. The fourth-order valence-electron chi connectivity index (χ4n) is 2.56. The molecule has 2 aromatic rings. The number of aliphatic hydroxyl groups is 1. The van der Waals surface area contributed by atoms with Gasteiger partial charge in [-0.2, -0.15) is 0 Å². The van der Waals surface area contributed by atoms with Crippen molar-refractivity contribution in [3.05, 3.63) is 35.5 Å². The van der Waals surface area contributed by atoms with Crippen molar-refractivity contribution in [1.29, 1.82) is 0 Å². The van der Waals surface area contributed by atoms with E-state index in [0.29, 0.717) is 0 Å². The first-order valence-electron chi connectivity index (χ1n) is 7.21. The van der Waals surface area contributed by atoms with Crippen molar-refractivity contribution in [2.45, 2.75) is 39.2 Å². The molecule has 0 fully saturated rings. The molecule has 3 N–H and O–H groups in total. The Balaban J connectivity index is 2.40. The molecule has 0 bridgehead atoms. The average Bonchev–Trinajstić information content (AvgIpc) is 2.80. The smallest absolute Gasteiger partial charge is 0.0483 e. The third kappa shape index (κ3) is 3.17. The van der Waals surface area contributed by atoms with Crippen LogP contribution in [0.25, 0.3) is 10.9 Å². The highest BCUT2D eigenvalue weighted by molar-refractivity contribution is 5.84. The molecule has 0 aliphatic heterocycles. The number of benzene rings is 1. The number of hydrogen-bond acceptors (Lipinski definition) is 2. The summed E-state index contributed by atoms with van der Waals surface area (Å²) in [5, 5.41) is 10.4. The van der Waals surface area contributed by atoms with Crippen LogP contribution in [0.5, 0.6) is 0 Å². The maximum absolute atomic E-state index is 9.00. The molecule has 1 heterocycles. The highest BCUT2D eigenvalue weighted by Gasteiger charge is 2.08. The number of nitrogens with zero attached hydrogens (tertiary/aromatic N) is 1. The molecule has 104 valence electrons. The zero-order chi connectivity index (χ0) is 13.7. The van der Waals surface area contributed by atoms with E-state index in [1.165, 1.54) is 22.0 Å². The van der Waals surface area contributed by atoms with Crippen molar-refractivity contribution >= 4 is 10.9 Å². The summed E-state index contributed by atoms with van der Waals surface area (Å²) in [4.78, 5) is 0. The second-order valence-corrected chi connectivity index (χ2v) is 5.02. The van der Waals surface area contributed by atoms with Gasteiger partial charge in [0, 0.05) is 30.3 Å². The molecule has 0 atom stereocenters. The van der Waals surface area contributed by atoms with Crippen LogP contribution >= 0.6 is 0 Å². The fourth-order valence-corrected chi connectivity index (χ4v) is 2.56. The quantitative estimate of drug-likeness (QED) is 0.803. The van der Waals surface area contributed by atoms with E-state index in [1.807, 2.05) is 0 Å². The lowest BCUT2D eigenvalue weighted by Gasteiger charge is -2.04. The van der Waals surface area contributed by atoms with Crippen LogP contribution in [0, 0.1) is 0 Å². The normalized spacial score (nSPS) is 11.3. The average molecular weight is 260 g/mol. The molecule has 0 radical (unpaired) electrons. The first-order chi connectivity index (χ1) is 9.30. The topological polar surface area (TPSA) is 51.2 Å². The predicted molar refractivity (Wildman–Crippen MR) is 80.4 cm³/mol. The molecule has 0 unspecified atom stereocenters. The van der Waals surface area contributed by atoms with E-state index in [2.05, 4.69) is 35.9 Å². The number of rotatable bonds is 7. The van der Waals surface area contributed by atoms with Crippen LogP contribution in [0.15, 0.2) is 24.4 Å². The van der Waals surface area contributed by atoms with Crippen LogP contribution < -0.4 is 5.73 Å². The van der Waals surface area contributed by atoms with Crippen LogP contribution in [0.3, 0.4) is 0 Å². The second-order valence-electron chi connectivity index (χ2n) is 5.02. The van der Waals surface area contributed by atoms with Crippen molar-refractivity contribution in [2.24, 2.45) is 5.73 Å². The Morgan fingerprint density at radius 2 is 2.11 bits per heavy atom. The van der Waals surface area contributed by atoms with E-state index >= 15 is 0 Å². The summed E-state index contributed by atoms with van der Waals surface area (Å²) in [6.45, 7) is 4.03. The van der Waals surface area contributed by atoms with Crippen molar-refractivity contribution in [3.63, 3.8) is 0 Å². The Morgan fingerprint density at radius 3 is 2.79 bits per heavy atom. The third-order valence-electron chi connectivity index (χ3n) is 3.64. The molecule has 0 aliphatic rings. The van der Waals surface area contributed by atoms with Gasteiger partial charge in [0.2, 0.25) is 0 Å². The summed E-state index contributed by atoms with van der Waals surface area (Å²) in [6.07, 6.45) is 6.15. The van der Waals surface area contributed by atoms with Crippen LogP contribution in [0.2, 0.25) is 0 Å². The van der Waals surface area contributed by atoms with Gasteiger partial charge in [0.1, 0.15) is 0 Å². The van der Waals surface area contributed by atoms with Gasteiger partial charge in [0.15, 0.2) is 0 Å². The summed E-state index contributed by atoms with van der Waals surface area (Å²) in [6, 6.07) is 6.71. The summed E-state index contributed by atoms with van der Waals surface area (Å²) in [5.41, 5.74) is 9.66. The second kappa shape index (κ2) is 6.73. The van der Waals surface area contributed by atoms with Crippen molar-refractivity contribution in [1.82, 2.24) is 4.57 Å². The Kier molecular flexibility index (Phi) is 5.00. The molecule has 0 spiro atoms. The van der Waals surface area contributed by atoms with Gasteiger partial charge in [-0.25, -0.2) is 0 Å². The van der Waals surface area contributed by atoms with E-state index in [0.717, 1.165) is 38.8 Å². The SMILES string of the molecule is CCc1ccc2c(c1)c(CCCN)cn2CCCO. The first-order valence-corrected chi connectivity index (χ1v) is 7.21. The maximum atomic E-state index is 9.00. The maximum Gasteiger partial charge on any atom is 0.0483 e. The zero-order valence-electron chi connectivity index (χ0n) is 11.7. The molecule has 3 heteroatoms. The van der Waals surface area contributed by atoms with Crippen LogP contribution in [-0.2, 0) is 19.4 Å². The third-order valence-corrected chi connectivity index (χ3v) is 3.64. The van der Waals surface area contributed by atoms with Crippen LogP contribution in [0.4, 0.5) is 0 Å². The lowest BCUT2D eigenvalue weighted by Crippen LogP contribution is -2.00. The Morgan fingerprint density at radius 1 is 1.26 bits per heavy atom. The van der Waals surface area contributed by atoms with E-state index in [4.69, 9.17) is 10.8 Å². The van der Waals surface area contributed by atoms with Gasteiger partial charge in [-0.3, -0.25) is 0 Å². The van der Waals surface area contributed by atoms with Gasteiger partial charge in [-0.05, 0) is 55.5 Å². The van der Waals surface area contributed by atoms with E-state index in [-0.39, 0.29) is 6.61 Å². The lowest BCUT2D eigenvalue weighted by molar-refractivity contribution is 0.280. The minimum Gasteiger partial charge on any atom is -0.396 e. The zero-order valence-corrected chi connectivity index (χ0v) is 11.7. The summed E-state index contributed by atoms with van der Waals surface area (Å²) in [7, 11) is 0. The molecular weight excluding hydrogens is 236 g/mol. The number of nitrogens with two attached hydrogens (primary N) is 1. The summed E-state index contributed by atoms with van der Waals surface area (Å²) in [5.74, 6) is 0. The van der Waals surface area contributed by atoms with Gasteiger partial charge in [0.05, 0.1) is 0 Å². The molecular formula is C16H24N2O. The summed E-state index contributed by atoms with van der Waals surface area (Å²) < 4.78 is 2.26. The molecule has 0 saturated heterocycles. The number of aromatic nitrogens is 1. The van der Waals surface area contributed by atoms with E-state index in [1.54, 1.807) is 0 Å². The van der Waals surface area contributed by atoms with E-state index in [9.17, 15) is 0 Å².